The van der Waals surface area contributed by atoms with Crippen LogP contribution in [0.3, 0.4) is 0 Å². The van der Waals surface area contributed by atoms with Gasteiger partial charge in [-0.25, -0.2) is 4.98 Å². The molecule has 0 fully saturated rings. The SMILES string of the molecule is O=C(NNC(=O)c1ccc2ccccc2n1)c1cccc(I)c1. The Hall–Kier alpha value is -2.48. The van der Waals surface area contributed by atoms with Crippen LogP contribution in [0, 0.1) is 3.57 Å². The van der Waals surface area contributed by atoms with Crippen molar-refractivity contribution in [2.75, 3.05) is 0 Å². The number of carbonyl (C=O) groups is 2. The average Bonchev–Trinajstić information content (AvgIpc) is 2.59. The fourth-order valence-electron chi connectivity index (χ4n) is 2.07. The van der Waals surface area contributed by atoms with Gasteiger partial charge < -0.3 is 0 Å². The van der Waals surface area contributed by atoms with Crippen molar-refractivity contribution < 1.29 is 9.59 Å². The average molecular weight is 417 g/mol. The zero-order valence-electron chi connectivity index (χ0n) is 11.9. The summed E-state index contributed by atoms with van der Waals surface area (Å²) in [5.74, 6) is -0.840. The predicted octanol–water partition coefficient (Wildman–Crippen LogP) is 2.91. The van der Waals surface area contributed by atoms with Gasteiger partial charge in [0.25, 0.3) is 11.8 Å². The fourth-order valence-corrected chi connectivity index (χ4v) is 2.62. The molecule has 3 rings (SSSR count). The molecule has 23 heavy (non-hydrogen) atoms. The molecule has 3 aromatic rings. The van der Waals surface area contributed by atoms with Crippen molar-refractivity contribution in [3.05, 3.63) is 75.5 Å². The van der Waals surface area contributed by atoms with Crippen LogP contribution in [-0.4, -0.2) is 16.8 Å². The second kappa shape index (κ2) is 6.74. The summed E-state index contributed by atoms with van der Waals surface area (Å²) in [5, 5.41) is 0.951. The van der Waals surface area contributed by atoms with Gasteiger partial charge in [-0.15, -0.1) is 0 Å². The lowest BCUT2D eigenvalue weighted by Crippen LogP contribution is -2.41. The highest BCUT2D eigenvalue weighted by Gasteiger charge is 2.11. The Morgan fingerprint density at radius 3 is 2.48 bits per heavy atom. The molecule has 5 nitrogen and oxygen atoms in total. The van der Waals surface area contributed by atoms with Crippen molar-refractivity contribution in [1.82, 2.24) is 15.8 Å². The molecule has 0 aliphatic carbocycles. The van der Waals surface area contributed by atoms with E-state index in [1.165, 1.54) is 0 Å². The molecule has 1 heterocycles. The van der Waals surface area contributed by atoms with Gasteiger partial charge in [0.1, 0.15) is 5.69 Å². The first kappa shape index (κ1) is 15.4. The zero-order valence-corrected chi connectivity index (χ0v) is 14.1. The molecule has 0 saturated heterocycles. The Morgan fingerprint density at radius 2 is 1.65 bits per heavy atom. The van der Waals surface area contributed by atoms with E-state index in [1.54, 1.807) is 24.3 Å². The molecule has 2 N–H and O–H groups in total. The molecular formula is C17H12IN3O2. The Bertz CT molecular complexity index is 896. The summed E-state index contributed by atoms with van der Waals surface area (Å²) in [6, 6.07) is 18.0. The Labute approximate surface area is 146 Å². The standard InChI is InChI=1S/C17H12IN3O2/c18-13-6-3-5-12(10-13)16(22)20-21-17(23)15-9-8-11-4-1-2-7-14(11)19-15/h1-10H,(H,20,22)(H,21,23). The van der Waals surface area contributed by atoms with E-state index in [0.717, 1.165) is 14.5 Å². The third kappa shape index (κ3) is 3.65. The normalized spacial score (nSPS) is 10.3. The van der Waals surface area contributed by atoms with Crippen LogP contribution in [0.2, 0.25) is 0 Å². The van der Waals surface area contributed by atoms with Gasteiger partial charge in [0, 0.05) is 14.5 Å². The number of aromatic nitrogens is 1. The zero-order chi connectivity index (χ0) is 16.2. The Balaban J connectivity index is 1.69. The molecule has 0 bridgehead atoms. The lowest BCUT2D eigenvalue weighted by Gasteiger charge is -2.08. The van der Waals surface area contributed by atoms with Crippen molar-refractivity contribution in [3.8, 4) is 0 Å². The largest absolute Gasteiger partial charge is 0.288 e. The van der Waals surface area contributed by atoms with Gasteiger partial charge in [0.15, 0.2) is 0 Å². The minimum absolute atomic E-state index is 0.242. The van der Waals surface area contributed by atoms with Crippen LogP contribution in [0.15, 0.2) is 60.7 Å². The minimum atomic E-state index is -0.463. The summed E-state index contributed by atoms with van der Waals surface area (Å²) < 4.78 is 0.942. The predicted molar refractivity (Wildman–Crippen MR) is 95.8 cm³/mol. The van der Waals surface area contributed by atoms with Crippen LogP contribution in [0.1, 0.15) is 20.8 Å². The number of hydrogen-bond donors (Lipinski definition) is 2. The van der Waals surface area contributed by atoms with E-state index in [-0.39, 0.29) is 11.6 Å². The summed E-state index contributed by atoms with van der Waals surface area (Å²) in [7, 11) is 0. The van der Waals surface area contributed by atoms with Crippen molar-refractivity contribution in [2.45, 2.75) is 0 Å². The molecule has 0 atom stereocenters. The van der Waals surface area contributed by atoms with E-state index in [2.05, 4.69) is 38.4 Å². The molecule has 2 aromatic carbocycles. The minimum Gasteiger partial charge on any atom is -0.267 e. The number of nitrogens with one attached hydrogen (secondary N) is 2. The van der Waals surface area contributed by atoms with Gasteiger partial charge >= 0.3 is 0 Å². The van der Waals surface area contributed by atoms with E-state index in [1.807, 2.05) is 36.4 Å². The summed E-state index contributed by atoms with van der Waals surface area (Å²) in [6.45, 7) is 0. The third-order valence-corrected chi connectivity index (χ3v) is 3.88. The molecule has 0 aliphatic heterocycles. The summed E-state index contributed by atoms with van der Waals surface area (Å²) in [5.41, 5.74) is 6.21. The lowest BCUT2D eigenvalue weighted by molar-refractivity contribution is 0.0844. The van der Waals surface area contributed by atoms with Crippen molar-refractivity contribution >= 4 is 45.3 Å². The quantitative estimate of drug-likeness (QED) is 0.498. The van der Waals surface area contributed by atoms with Gasteiger partial charge in [-0.1, -0.05) is 30.3 Å². The maximum absolute atomic E-state index is 12.1. The molecule has 0 spiro atoms. The van der Waals surface area contributed by atoms with Crippen LogP contribution in [0.4, 0.5) is 0 Å². The topological polar surface area (TPSA) is 71.1 Å². The van der Waals surface area contributed by atoms with Crippen LogP contribution < -0.4 is 10.9 Å². The van der Waals surface area contributed by atoms with Gasteiger partial charge in [-0.2, -0.15) is 0 Å². The molecule has 0 aliphatic rings. The number of nitrogens with zero attached hydrogens (tertiary/aromatic N) is 1. The number of para-hydroxylation sites is 1. The van der Waals surface area contributed by atoms with Gasteiger partial charge in [-0.05, 0) is 52.9 Å². The number of hydrazine groups is 1. The number of carbonyl (C=O) groups excluding carboxylic acids is 2. The third-order valence-electron chi connectivity index (χ3n) is 3.21. The number of fused-ring (bicyclic) bond motifs is 1. The monoisotopic (exact) mass is 417 g/mol. The lowest BCUT2D eigenvalue weighted by atomic mass is 10.2. The molecular weight excluding hydrogens is 405 g/mol. The highest BCUT2D eigenvalue weighted by atomic mass is 127. The van der Waals surface area contributed by atoms with Crippen LogP contribution in [0.25, 0.3) is 10.9 Å². The number of amides is 2. The second-order valence-electron chi connectivity index (χ2n) is 4.81. The van der Waals surface area contributed by atoms with Gasteiger partial charge in [0.05, 0.1) is 5.52 Å². The van der Waals surface area contributed by atoms with Crippen LogP contribution in [-0.2, 0) is 0 Å². The van der Waals surface area contributed by atoms with E-state index < -0.39 is 5.91 Å². The fraction of sp³-hybridized carbons (Fsp3) is 0. The Morgan fingerprint density at radius 1 is 0.870 bits per heavy atom. The first-order valence-corrected chi connectivity index (χ1v) is 7.93. The maximum atomic E-state index is 12.1. The summed E-state index contributed by atoms with van der Waals surface area (Å²) in [6.07, 6.45) is 0. The van der Waals surface area contributed by atoms with E-state index in [4.69, 9.17) is 0 Å². The molecule has 6 heteroatoms. The summed E-state index contributed by atoms with van der Waals surface area (Å²) >= 11 is 2.12. The van der Waals surface area contributed by atoms with E-state index in [9.17, 15) is 9.59 Å². The Kier molecular flexibility index (Phi) is 4.52. The first-order chi connectivity index (χ1) is 11.1. The van der Waals surface area contributed by atoms with Gasteiger partial charge in [-0.3, -0.25) is 20.4 Å². The smallest absolute Gasteiger partial charge is 0.267 e. The van der Waals surface area contributed by atoms with Crippen molar-refractivity contribution in [3.63, 3.8) is 0 Å². The molecule has 0 unspecified atom stereocenters. The van der Waals surface area contributed by atoms with E-state index in [0.29, 0.717) is 5.56 Å². The molecule has 114 valence electrons. The number of benzene rings is 2. The van der Waals surface area contributed by atoms with Crippen molar-refractivity contribution in [1.29, 1.82) is 0 Å². The number of hydrogen-bond acceptors (Lipinski definition) is 3. The highest BCUT2D eigenvalue weighted by molar-refractivity contribution is 14.1. The first-order valence-electron chi connectivity index (χ1n) is 6.85. The number of rotatable bonds is 2. The highest BCUT2D eigenvalue weighted by Crippen LogP contribution is 2.11. The molecule has 2 amide bonds. The van der Waals surface area contributed by atoms with Crippen LogP contribution >= 0.6 is 22.6 Å². The number of pyridine rings is 1. The van der Waals surface area contributed by atoms with Crippen LogP contribution in [0.5, 0.6) is 0 Å². The molecule has 0 radical (unpaired) electrons. The molecule has 1 aromatic heterocycles. The van der Waals surface area contributed by atoms with E-state index >= 15 is 0 Å². The maximum Gasteiger partial charge on any atom is 0.288 e. The number of halogens is 1. The summed E-state index contributed by atoms with van der Waals surface area (Å²) in [4.78, 5) is 28.4. The van der Waals surface area contributed by atoms with Gasteiger partial charge in [0.2, 0.25) is 0 Å². The van der Waals surface area contributed by atoms with Crippen molar-refractivity contribution in [2.24, 2.45) is 0 Å². The second-order valence-corrected chi connectivity index (χ2v) is 6.05. The molecule has 0 saturated carbocycles.